The molecule has 7 heteroatoms. The minimum absolute atomic E-state index is 0.502. The van der Waals surface area contributed by atoms with E-state index in [-0.39, 0.29) is 0 Å². The van der Waals surface area contributed by atoms with E-state index in [0.717, 1.165) is 35.6 Å². The van der Waals surface area contributed by atoms with Gasteiger partial charge in [-0.1, -0.05) is 43.0 Å². The van der Waals surface area contributed by atoms with Gasteiger partial charge in [0.05, 0.1) is 0 Å². The molecule has 1 saturated carbocycles. The first kappa shape index (κ1) is 19.7. The summed E-state index contributed by atoms with van der Waals surface area (Å²) in [4.78, 5) is 4.76. The Morgan fingerprint density at radius 2 is 1.93 bits per heavy atom. The quantitative estimate of drug-likeness (QED) is 0.588. The zero-order valence-electron chi connectivity index (χ0n) is 16.2. The van der Waals surface area contributed by atoms with E-state index in [1.165, 1.54) is 37.7 Å². The summed E-state index contributed by atoms with van der Waals surface area (Å²) in [6.45, 7) is 3.28. The van der Waals surface area contributed by atoms with Gasteiger partial charge in [0.2, 0.25) is 0 Å². The maximum absolute atomic E-state index is 5.96. The van der Waals surface area contributed by atoms with Gasteiger partial charge in [0.25, 0.3) is 0 Å². The normalized spacial score (nSPS) is 15.7. The Hall–Kier alpha value is -2.08. The van der Waals surface area contributed by atoms with Crippen molar-refractivity contribution < 1.29 is 0 Å². The van der Waals surface area contributed by atoms with Crippen molar-refractivity contribution in [2.45, 2.75) is 58.0 Å². The molecule has 3 rings (SSSR count). The van der Waals surface area contributed by atoms with Gasteiger partial charge in [0, 0.05) is 24.7 Å². The van der Waals surface area contributed by atoms with Crippen molar-refractivity contribution in [1.82, 2.24) is 25.4 Å². The predicted molar refractivity (Wildman–Crippen MR) is 110 cm³/mol. The van der Waals surface area contributed by atoms with Crippen LogP contribution >= 0.6 is 11.6 Å². The maximum atomic E-state index is 5.96. The molecule has 1 fully saturated rings. The van der Waals surface area contributed by atoms with E-state index in [1.807, 2.05) is 30.7 Å². The number of hydrogen-bond donors (Lipinski definition) is 2. The van der Waals surface area contributed by atoms with Gasteiger partial charge in [-0.05, 0) is 43.9 Å². The van der Waals surface area contributed by atoms with Gasteiger partial charge < -0.3 is 15.2 Å². The Balaban J connectivity index is 1.60. The van der Waals surface area contributed by atoms with Crippen LogP contribution in [0.5, 0.6) is 0 Å². The largest absolute Gasteiger partial charge is 0.356 e. The predicted octanol–water partition coefficient (Wildman–Crippen LogP) is 3.39. The zero-order chi connectivity index (χ0) is 19.1. The molecule has 0 atom stereocenters. The fourth-order valence-electron chi connectivity index (χ4n) is 3.31. The zero-order valence-corrected chi connectivity index (χ0v) is 17.0. The molecular weight excluding hydrogens is 360 g/mol. The molecule has 1 aliphatic rings. The van der Waals surface area contributed by atoms with E-state index in [1.54, 1.807) is 0 Å². The third-order valence-electron chi connectivity index (χ3n) is 5.13. The van der Waals surface area contributed by atoms with Crippen LogP contribution < -0.4 is 10.6 Å². The van der Waals surface area contributed by atoms with Crippen LogP contribution in [0.2, 0.25) is 5.02 Å². The van der Waals surface area contributed by atoms with Crippen LogP contribution in [0.25, 0.3) is 0 Å². The highest BCUT2D eigenvalue weighted by Crippen LogP contribution is 2.17. The lowest BCUT2D eigenvalue weighted by atomic mass is 9.96. The third kappa shape index (κ3) is 5.96. The van der Waals surface area contributed by atoms with E-state index in [4.69, 9.17) is 16.6 Å². The molecule has 0 aliphatic heterocycles. The van der Waals surface area contributed by atoms with Crippen molar-refractivity contribution in [2.24, 2.45) is 12.0 Å². The number of benzene rings is 1. The third-order valence-corrected chi connectivity index (χ3v) is 5.38. The van der Waals surface area contributed by atoms with Crippen molar-refractivity contribution >= 4 is 17.6 Å². The summed E-state index contributed by atoms with van der Waals surface area (Å²) in [6.07, 6.45) is 7.26. The lowest BCUT2D eigenvalue weighted by Gasteiger charge is -2.25. The van der Waals surface area contributed by atoms with Crippen molar-refractivity contribution in [2.75, 3.05) is 6.54 Å². The van der Waals surface area contributed by atoms with E-state index in [2.05, 4.69) is 33.0 Å². The first-order valence-electron chi connectivity index (χ1n) is 9.76. The van der Waals surface area contributed by atoms with Gasteiger partial charge in [0.15, 0.2) is 11.8 Å². The average Bonchev–Trinajstić information content (AvgIpc) is 3.00. The molecule has 0 unspecified atom stereocenters. The Morgan fingerprint density at radius 3 is 2.59 bits per heavy atom. The number of nitrogens with one attached hydrogen (secondary N) is 2. The minimum Gasteiger partial charge on any atom is -0.356 e. The smallest absolute Gasteiger partial charge is 0.191 e. The summed E-state index contributed by atoms with van der Waals surface area (Å²) in [5.74, 6) is 2.63. The van der Waals surface area contributed by atoms with E-state index in [9.17, 15) is 0 Å². The molecule has 1 aliphatic carbocycles. The molecule has 0 spiro atoms. The maximum Gasteiger partial charge on any atom is 0.191 e. The molecular formula is C20H29ClN6. The number of halogens is 1. The highest BCUT2D eigenvalue weighted by Gasteiger charge is 2.15. The molecule has 1 aromatic heterocycles. The second kappa shape index (κ2) is 9.74. The van der Waals surface area contributed by atoms with Gasteiger partial charge in [-0.3, -0.25) is 0 Å². The minimum atomic E-state index is 0.502. The highest BCUT2D eigenvalue weighted by atomic mass is 35.5. The first-order valence-corrected chi connectivity index (χ1v) is 10.1. The van der Waals surface area contributed by atoms with Crippen molar-refractivity contribution in [1.29, 1.82) is 0 Å². The summed E-state index contributed by atoms with van der Waals surface area (Å²) in [6, 6.07) is 8.50. The lowest BCUT2D eigenvalue weighted by Crippen LogP contribution is -2.44. The fraction of sp³-hybridized carbons (Fsp3) is 0.550. The monoisotopic (exact) mass is 388 g/mol. The van der Waals surface area contributed by atoms with Crippen molar-refractivity contribution in [3.63, 3.8) is 0 Å². The summed E-state index contributed by atoms with van der Waals surface area (Å²) in [7, 11) is 1.97. The van der Waals surface area contributed by atoms with Gasteiger partial charge in [-0.2, -0.15) is 0 Å². The summed E-state index contributed by atoms with van der Waals surface area (Å²) in [5, 5.41) is 16.2. The Kier molecular flexibility index (Phi) is 7.10. The molecule has 0 amide bonds. The molecule has 6 nitrogen and oxygen atoms in total. The van der Waals surface area contributed by atoms with Crippen LogP contribution in [0.1, 0.15) is 49.3 Å². The molecule has 0 radical (unpaired) electrons. The van der Waals surface area contributed by atoms with Crippen LogP contribution in [0.4, 0.5) is 0 Å². The van der Waals surface area contributed by atoms with Crippen LogP contribution in [-0.4, -0.2) is 33.3 Å². The van der Waals surface area contributed by atoms with Crippen molar-refractivity contribution in [3.8, 4) is 0 Å². The van der Waals surface area contributed by atoms with Crippen molar-refractivity contribution in [3.05, 3.63) is 46.5 Å². The van der Waals surface area contributed by atoms with Gasteiger partial charge in [-0.15, -0.1) is 10.2 Å². The van der Waals surface area contributed by atoms with E-state index < -0.39 is 0 Å². The topological polar surface area (TPSA) is 67.1 Å². The van der Waals surface area contributed by atoms with E-state index in [0.29, 0.717) is 12.6 Å². The molecule has 146 valence electrons. The number of aryl methyl sites for hydroxylation is 1. The van der Waals surface area contributed by atoms with Crippen LogP contribution in [0, 0.1) is 6.92 Å². The molecule has 0 bridgehead atoms. The fourth-order valence-corrected chi connectivity index (χ4v) is 3.43. The Bertz CT molecular complexity index is 746. The highest BCUT2D eigenvalue weighted by molar-refractivity contribution is 6.30. The SMILES string of the molecule is Cc1nnc(CN=C(NCCc2ccc(Cl)cc2)NC2CCCCC2)n1C. The molecule has 0 saturated heterocycles. The summed E-state index contributed by atoms with van der Waals surface area (Å²) < 4.78 is 1.98. The molecule has 27 heavy (non-hydrogen) atoms. The van der Waals surface area contributed by atoms with Gasteiger partial charge in [0.1, 0.15) is 12.4 Å². The molecule has 1 heterocycles. The number of rotatable bonds is 6. The molecule has 2 N–H and O–H groups in total. The van der Waals surface area contributed by atoms with Crippen LogP contribution in [-0.2, 0) is 20.0 Å². The summed E-state index contributed by atoms with van der Waals surface area (Å²) in [5.41, 5.74) is 1.26. The molecule has 2 aromatic rings. The standard InChI is InChI=1S/C20H29ClN6/c1-15-25-26-19(27(15)2)14-23-20(24-18-6-4-3-5-7-18)22-13-12-16-8-10-17(21)11-9-16/h8-11,18H,3-7,12-14H2,1-2H3,(H2,22,23,24). The lowest BCUT2D eigenvalue weighted by molar-refractivity contribution is 0.410. The van der Waals surface area contributed by atoms with Crippen LogP contribution in [0.15, 0.2) is 29.3 Å². The van der Waals surface area contributed by atoms with E-state index >= 15 is 0 Å². The van der Waals surface area contributed by atoms with Gasteiger partial charge >= 0.3 is 0 Å². The number of aromatic nitrogens is 3. The Labute approximate surface area is 166 Å². The molecule has 1 aromatic carbocycles. The Morgan fingerprint density at radius 1 is 1.19 bits per heavy atom. The number of aliphatic imine (C=N–C) groups is 1. The second-order valence-electron chi connectivity index (χ2n) is 7.17. The summed E-state index contributed by atoms with van der Waals surface area (Å²) >= 11 is 5.96. The van der Waals surface area contributed by atoms with Crippen LogP contribution in [0.3, 0.4) is 0 Å². The van der Waals surface area contributed by atoms with Gasteiger partial charge in [-0.25, -0.2) is 4.99 Å². The number of guanidine groups is 1. The number of hydrogen-bond acceptors (Lipinski definition) is 3. The average molecular weight is 389 g/mol. The first-order chi connectivity index (χ1) is 13.1. The second-order valence-corrected chi connectivity index (χ2v) is 7.61. The number of nitrogens with zero attached hydrogens (tertiary/aromatic N) is 4.